The molecule has 0 aliphatic heterocycles. The highest BCUT2D eigenvalue weighted by molar-refractivity contribution is 5.98. The van der Waals surface area contributed by atoms with E-state index in [-0.39, 0.29) is 12.0 Å². The Morgan fingerprint density at radius 2 is 2.00 bits per heavy atom. The zero-order chi connectivity index (χ0) is 15.2. The van der Waals surface area contributed by atoms with Crippen molar-refractivity contribution in [3.8, 4) is 0 Å². The van der Waals surface area contributed by atoms with Crippen LogP contribution in [0.15, 0.2) is 24.3 Å². The quantitative estimate of drug-likeness (QED) is 0.775. The number of amides is 2. The number of nitrogens with zero attached hydrogens (tertiary/aromatic N) is 4. The molecule has 2 amide bonds. The lowest BCUT2D eigenvalue weighted by Crippen LogP contribution is -2.20. The van der Waals surface area contributed by atoms with E-state index in [1.54, 1.807) is 7.05 Å². The molecule has 2 aromatic rings. The van der Waals surface area contributed by atoms with Gasteiger partial charge in [-0.05, 0) is 36.4 Å². The predicted molar refractivity (Wildman–Crippen MR) is 80.0 cm³/mol. The van der Waals surface area contributed by atoms with Crippen molar-refractivity contribution >= 4 is 17.7 Å². The molecule has 8 heteroatoms. The van der Waals surface area contributed by atoms with Gasteiger partial charge in [0, 0.05) is 11.7 Å². The summed E-state index contributed by atoms with van der Waals surface area (Å²) in [6.07, 6.45) is 0. The first kappa shape index (κ1) is 14.9. The Hall–Kier alpha value is -2.48. The number of urea groups is 1. The van der Waals surface area contributed by atoms with Gasteiger partial charge in [0.05, 0.1) is 7.05 Å². The number of carbonyl (C=O) groups excluding carboxylic acids is 1. The second kappa shape index (κ2) is 6.80. The van der Waals surface area contributed by atoms with Gasteiger partial charge in [0.2, 0.25) is 0 Å². The first-order valence-corrected chi connectivity index (χ1v) is 6.74. The Kier molecular flexibility index (Phi) is 4.83. The van der Waals surface area contributed by atoms with E-state index in [1.165, 1.54) is 10.4 Å². The Bertz CT molecular complexity index is 593. The van der Waals surface area contributed by atoms with Gasteiger partial charge in [0.25, 0.3) is 5.95 Å². The maximum Gasteiger partial charge on any atom is 0.326 e. The van der Waals surface area contributed by atoms with Crippen molar-refractivity contribution in [2.75, 3.05) is 17.2 Å². The van der Waals surface area contributed by atoms with Gasteiger partial charge in [-0.3, -0.25) is 5.32 Å². The number of hydrogen-bond donors (Lipinski definition) is 3. The lowest BCUT2D eigenvalue weighted by molar-refractivity contribution is 0.262. The van der Waals surface area contributed by atoms with E-state index in [4.69, 9.17) is 0 Å². The minimum Gasteiger partial charge on any atom is -0.310 e. The topological polar surface area (TPSA) is 96.8 Å². The van der Waals surface area contributed by atoms with E-state index in [2.05, 4.69) is 45.2 Å². The summed E-state index contributed by atoms with van der Waals surface area (Å²) >= 11 is 0. The van der Waals surface area contributed by atoms with E-state index < -0.39 is 6.03 Å². The van der Waals surface area contributed by atoms with Crippen LogP contribution >= 0.6 is 0 Å². The fraction of sp³-hybridized carbons (Fsp3) is 0.385. The van der Waals surface area contributed by atoms with Crippen molar-refractivity contribution in [2.45, 2.75) is 19.9 Å². The number of hydrogen-bond acceptors (Lipinski definition) is 5. The molecule has 0 aliphatic rings. The number of benzene rings is 1. The summed E-state index contributed by atoms with van der Waals surface area (Å²) < 4.78 is 0. The number of anilines is 2. The van der Waals surface area contributed by atoms with Crippen LogP contribution in [0.1, 0.15) is 25.5 Å². The van der Waals surface area contributed by atoms with Gasteiger partial charge < -0.3 is 10.6 Å². The zero-order valence-electron chi connectivity index (χ0n) is 12.3. The maximum atomic E-state index is 11.8. The van der Waals surface area contributed by atoms with Gasteiger partial charge in [0.15, 0.2) is 0 Å². The van der Waals surface area contributed by atoms with Crippen LogP contribution in [0.25, 0.3) is 0 Å². The third kappa shape index (κ3) is 4.25. The molecule has 112 valence electrons. The summed E-state index contributed by atoms with van der Waals surface area (Å²) in [4.78, 5) is 13.0. The molecule has 0 spiro atoms. The molecule has 2 rings (SSSR count). The number of aryl methyl sites for hydroxylation is 1. The monoisotopic (exact) mass is 289 g/mol. The fourth-order valence-electron chi connectivity index (χ4n) is 1.88. The molecule has 1 heterocycles. The average Bonchev–Trinajstić information content (AvgIpc) is 2.85. The maximum absolute atomic E-state index is 11.8. The summed E-state index contributed by atoms with van der Waals surface area (Å²) in [6, 6.07) is 7.53. The van der Waals surface area contributed by atoms with Crippen LogP contribution in [0.3, 0.4) is 0 Å². The number of carbonyl (C=O) groups is 1. The largest absolute Gasteiger partial charge is 0.326 e. The molecule has 3 N–H and O–H groups in total. The molecule has 0 aliphatic carbocycles. The second-order valence-corrected chi connectivity index (χ2v) is 4.58. The summed E-state index contributed by atoms with van der Waals surface area (Å²) in [5.74, 6) is 0.160. The number of tetrazole rings is 1. The third-order valence-corrected chi connectivity index (χ3v) is 2.91. The highest BCUT2D eigenvalue weighted by Gasteiger charge is 2.07. The van der Waals surface area contributed by atoms with E-state index in [1.807, 2.05) is 24.3 Å². The Morgan fingerprint density at radius 3 is 2.57 bits per heavy atom. The molecule has 0 fully saturated rings. The van der Waals surface area contributed by atoms with Crippen molar-refractivity contribution in [1.29, 1.82) is 0 Å². The molecule has 0 saturated heterocycles. The molecule has 21 heavy (non-hydrogen) atoms. The summed E-state index contributed by atoms with van der Waals surface area (Å²) in [6.45, 7) is 5.07. The van der Waals surface area contributed by atoms with Crippen LogP contribution in [0.4, 0.5) is 16.4 Å². The van der Waals surface area contributed by atoms with Gasteiger partial charge in [-0.25, -0.2) is 4.79 Å². The van der Waals surface area contributed by atoms with Gasteiger partial charge >= 0.3 is 6.03 Å². The van der Waals surface area contributed by atoms with Crippen LogP contribution in [0, 0.1) is 0 Å². The molecule has 0 saturated carbocycles. The molecule has 0 radical (unpaired) electrons. The Morgan fingerprint density at radius 1 is 1.29 bits per heavy atom. The molecular weight excluding hydrogens is 270 g/mol. The average molecular weight is 289 g/mol. The van der Waals surface area contributed by atoms with Crippen LogP contribution in [-0.4, -0.2) is 32.8 Å². The lowest BCUT2D eigenvalue weighted by atomic mass is 10.1. The van der Waals surface area contributed by atoms with E-state index in [0.717, 1.165) is 6.54 Å². The normalized spacial score (nSPS) is 12.0. The van der Waals surface area contributed by atoms with E-state index >= 15 is 0 Å². The summed E-state index contributed by atoms with van der Waals surface area (Å²) in [5.41, 5.74) is 1.86. The third-order valence-electron chi connectivity index (χ3n) is 2.91. The highest BCUT2D eigenvalue weighted by Crippen LogP contribution is 2.16. The van der Waals surface area contributed by atoms with E-state index in [0.29, 0.717) is 5.69 Å². The van der Waals surface area contributed by atoms with Gasteiger partial charge in [-0.15, -0.1) is 5.10 Å². The molecule has 1 aromatic carbocycles. The van der Waals surface area contributed by atoms with Gasteiger partial charge in [0.1, 0.15) is 0 Å². The molecule has 1 unspecified atom stereocenters. The van der Waals surface area contributed by atoms with Crippen molar-refractivity contribution in [1.82, 2.24) is 25.5 Å². The lowest BCUT2D eigenvalue weighted by Gasteiger charge is -2.13. The fourth-order valence-corrected chi connectivity index (χ4v) is 1.88. The van der Waals surface area contributed by atoms with Crippen LogP contribution in [0.5, 0.6) is 0 Å². The number of rotatable bonds is 5. The Balaban J connectivity index is 1.92. The minimum absolute atomic E-state index is 0.160. The van der Waals surface area contributed by atoms with Crippen molar-refractivity contribution in [2.24, 2.45) is 7.05 Å². The highest BCUT2D eigenvalue weighted by atomic mass is 16.2. The second-order valence-electron chi connectivity index (χ2n) is 4.58. The first-order chi connectivity index (χ1) is 10.1. The first-order valence-electron chi connectivity index (χ1n) is 6.74. The zero-order valence-corrected chi connectivity index (χ0v) is 12.3. The summed E-state index contributed by atoms with van der Waals surface area (Å²) in [5, 5.41) is 19.7. The number of aromatic nitrogens is 4. The molecule has 0 bridgehead atoms. The van der Waals surface area contributed by atoms with Crippen molar-refractivity contribution in [3.63, 3.8) is 0 Å². The van der Waals surface area contributed by atoms with Crippen molar-refractivity contribution < 1.29 is 4.79 Å². The molecule has 1 atom stereocenters. The molecular formula is C13H19N7O. The standard InChI is InChI=1S/C13H19N7O/c1-4-14-9(2)10-5-7-11(8-6-10)15-13(21)16-12-17-19-20(3)18-12/h5-9,14H,4H2,1-3H3,(H2,15,16,18,21). The van der Waals surface area contributed by atoms with Gasteiger partial charge in [-0.1, -0.05) is 24.2 Å². The van der Waals surface area contributed by atoms with Crippen LogP contribution in [-0.2, 0) is 7.05 Å². The SMILES string of the molecule is CCNC(C)c1ccc(NC(=O)Nc2nnn(C)n2)cc1. The smallest absolute Gasteiger partial charge is 0.310 e. The van der Waals surface area contributed by atoms with Gasteiger partial charge in [-0.2, -0.15) is 4.80 Å². The van der Waals surface area contributed by atoms with Crippen molar-refractivity contribution in [3.05, 3.63) is 29.8 Å². The molecule has 1 aromatic heterocycles. The van der Waals surface area contributed by atoms with Crippen LogP contribution in [0.2, 0.25) is 0 Å². The van der Waals surface area contributed by atoms with Crippen LogP contribution < -0.4 is 16.0 Å². The predicted octanol–water partition coefficient (Wildman–Crippen LogP) is 1.52. The van der Waals surface area contributed by atoms with E-state index in [9.17, 15) is 4.79 Å². The minimum atomic E-state index is -0.407. The summed E-state index contributed by atoms with van der Waals surface area (Å²) in [7, 11) is 1.63. The number of nitrogens with one attached hydrogen (secondary N) is 3. The molecule has 8 nitrogen and oxygen atoms in total. The Labute approximate surface area is 122 Å².